The maximum absolute atomic E-state index is 12.5. The van der Waals surface area contributed by atoms with Crippen LogP contribution in [0.15, 0.2) is 73.1 Å². The Bertz CT molecular complexity index is 1120. The van der Waals surface area contributed by atoms with Crippen molar-refractivity contribution in [2.24, 2.45) is 0 Å². The van der Waals surface area contributed by atoms with Crippen LogP contribution in [0.25, 0.3) is 0 Å². The third kappa shape index (κ3) is 6.29. The molecular weight excluding hydrogens is 414 g/mol. The van der Waals surface area contributed by atoms with Crippen molar-refractivity contribution in [1.29, 1.82) is 0 Å². The van der Waals surface area contributed by atoms with Crippen LogP contribution in [-0.2, 0) is 21.2 Å². The highest BCUT2D eigenvalue weighted by Gasteiger charge is 2.16. The van der Waals surface area contributed by atoms with Crippen molar-refractivity contribution in [1.82, 2.24) is 4.98 Å². The number of nitrogens with zero attached hydrogens (tertiary/aromatic N) is 2. The van der Waals surface area contributed by atoms with Crippen LogP contribution in [0.5, 0.6) is 5.75 Å². The number of nitrogens with one attached hydrogen (secondary N) is 1. The number of carbonyl (C=O) groups excluding carboxylic acids is 1. The first-order chi connectivity index (χ1) is 14.7. The summed E-state index contributed by atoms with van der Waals surface area (Å²) in [5.74, 6) is 0.195. The lowest BCUT2D eigenvalue weighted by atomic mass is 10.1. The van der Waals surface area contributed by atoms with Gasteiger partial charge >= 0.3 is 0 Å². The third-order valence-electron chi connectivity index (χ3n) is 4.76. The molecule has 0 saturated heterocycles. The molecule has 31 heavy (non-hydrogen) atoms. The van der Waals surface area contributed by atoms with Crippen molar-refractivity contribution in [2.75, 3.05) is 22.9 Å². The molecule has 3 rings (SSSR count). The van der Waals surface area contributed by atoms with E-state index in [-0.39, 0.29) is 5.91 Å². The van der Waals surface area contributed by atoms with Gasteiger partial charge in [0.05, 0.1) is 11.9 Å². The summed E-state index contributed by atoms with van der Waals surface area (Å²) in [6, 6.07) is 18.1. The molecule has 8 heteroatoms. The molecule has 1 amide bonds. The van der Waals surface area contributed by atoms with Gasteiger partial charge in [0.1, 0.15) is 5.75 Å². The minimum atomic E-state index is -3.34. The average Bonchev–Trinajstić information content (AvgIpc) is 2.75. The summed E-state index contributed by atoms with van der Waals surface area (Å²) in [6.45, 7) is 1.66. The number of aromatic nitrogens is 1. The SMILES string of the molecule is C[C@H](Oc1ccc(N(C)S(C)(=O)=O)cc1)C(=O)Nc1ccc(Cc2ccncc2)cc1. The third-order valence-corrected chi connectivity index (χ3v) is 5.96. The number of anilines is 2. The molecule has 0 aliphatic carbocycles. The average molecular weight is 440 g/mol. The summed E-state index contributed by atoms with van der Waals surface area (Å²) in [5, 5.41) is 2.84. The molecule has 0 spiro atoms. The number of hydrogen-bond donors (Lipinski definition) is 1. The highest BCUT2D eigenvalue weighted by atomic mass is 32.2. The van der Waals surface area contributed by atoms with Crippen LogP contribution < -0.4 is 14.4 Å². The molecule has 1 atom stereocenters. The number of carbonyl (C=O) groups is 1. The Labute approximate surface area is 182 Å². The monoisotopic (exact) mass is 439 g/mol. The van der Waals surface area contributed by atoms with Crippen LogP contribution in [-0.4, -0.2) is 38.7 Å². The molecule has 3 aromatic rings. The normalized spacial score (nSPS) is 12.1. The van der Waals surface area contributed by atoms with E-state index in [0.29, 0.717) is 17.1 Å². The number of sulfonamides is 1. The number of amides is 1. The highest BCUT2D eigenvalue weighted by molar-refractivity contribution is 7.92. The molecule has 1 N–H and O–H groups in total. The fourth-order valence-corrected chi connectivity index (χ4v) is 3.37. The summed E-state index contributed by atoms with van der Waals surface area (Å²) in [7, 11) is -1.86. The fraction of sp³-hybridized carbons (Fsp3) is 0.217. The van der Waals surface area contributed by atoms with Crippen LogP contribution in [0.2, 0.25) is 0 Å². The van der Waals surface area contributed by atoms with Gasteiger partial charge in [-0.3, -0.25) is 14.1 Å². The van der Waals surface area contributed by atoms with Crippen molar-refractivity contribution in [2.45, 2.75) is 19.4 Å². The van der Waals surface area contributed by atoms with Crippen LogP contribution in [0.3, 0.4) is 0 Å². The first-order valence-corrected chi connectivity index (χ1v) is 11.6. The Morgan fingerprint density at radius 3 is 2.16 bits per heavy atom. The van der Waals surface area contributed by atoms with Gasteiger partial charge in [0.25, 0.3) is 5.91 Å². The number of hydrogen-bond acceptors (Lipinski definition) is 5. The zero-order valence-electron chi connectivity index (χ0n) is 17.6. The lowest BCUT2D eigenvalue weighted by Gasteiger charge is -2.18. The lowest BCUT2D eigenvalue weighted by molar-refractivity contribution is -0.122. The number of ether oxygens (including phenoxy) is 1. The summed E-state index contributed by atoms with van der Waals surface area (Å²) in [5.41, 5.74) is 3.50. The van der Waals surface area contributed by atoms with E-state index < -0.39 is 16.1 Å². The quantitative estimate of drug-likeness (QED) is 0.581. The summed E-state index contributed by atoms with van der Waals surface area (Å²) in [6.07, 6.45) is 4.73. The molecule has 0 radical (unpaired) electrons. The Morgan fingerprint density at radius 2 is 1.58 bits per heavy atom. The predicted octanol–water partition coefficient (Wildman–Crippen LogP) is 3.47. The predicted molar refractivity (Wildman–Crippen MR) is 122 cm³/mol. The smallest absolute Gasteiger partial charge is 0.265 e. The summed E-state index contributed by atoms with van der Waals surface area (Å²) in [4.78, 5) is 16.5. The molecule has 1 heterocycles. The standard InChI is InChI=1S/C23H25N3O4S/c1-17(30-22-10-8-21(9-11-22)26(2)31(3,28)29)23(27)25-20-6-4-18(5-7-20)16-19-12-14-24-15-13-19/h4-15,17H,16H2,1-3H3,(H,25,27)/t17-/m0/s1. The minimum absolute atomic E-state index is 0.279. The zero-order valence-corrected chi connectivity index (χ0v) is 18.5. The van der Waals surface area contributed by atoms with Gasteiger partial charge in [-0.25, -0.2) is 8.42 Å². The molecule has 0 bridgehead atoms. The van der Waals surface area contributed by atoms with Crippen LogP contribution in [0.1, 0.15) is 18.1 Å². The van der Waals surface area contributed by atoms with E-state index in [0.717, 1.165) is 18.2 Å². The van der Waals surface area contributed by atoms with Crippen molar-refractivity contribution in [3.63, 3.8) is 0 Å². The van der Waals surface area contributed by atoms with Gasteiger partial charge in [-0.1, -0.05) is 12.1 Å². The van der Waals surface area contributed by atoms with E-state index in [9.17, 15) is 13.2 Å². The second-order valence-corrected chi connectivity index (χ2v) is 9.22. The van der Waals surface area contributed by atoms with Crippen LogP contribution in [0.4, 0.5) is 11.4 Å². The molecule has 0 saturated carbocycles. The highest BCUT2D eigenvalue weighted by Crippen LogP contribution is 2.21. The lowest BCUT2D eigenvalue weighted by Crippen LogP contribution is -2.30. The molecule has 0 fully saturated rings. The Hall–Kier alpha value is -3.39. The van der Waals surface area contributed by atoms with Crippen molar-refractivity contribution in [3.05, 3.63) is 84.2 Å². The van der Waals surface area contributed by atoms with Gasteiger partial charge in [-0.05, 0) is 73.0 Å². The van der Waals surface area contributed by atoms with Gasteiger partial charge in [0.15, 0.2) is 6.10 Å². The fourth-order valence-electron chi connectivity index (χ4n) is 2.87. The molecule has 0 aliphatic heterocycles. The van der Waals surface area contributed by atoms with Crippen molar-refractivity contribution >= 4 is 27.3 Å². The van der Waals surface area contributed by atoms with Gasteiger partial charge in [0, 0.05) is 25.1 Å². The topological polar surface area (TPSA) is 88.6 Å². The van der Waals surface area contributed by atoms with Crippen molar-refractivity contribution < 1.29 is 17.9 Å². The molecular formula is C23H25N3O4S. The maximum atomic E-state index is 12.5. The van der Waals surface area contributed by atoms with Crippen molar-refractivity contribution in [3.8, 4) is 5.75 Å². The second-order valence-electron chi connectivity index (χ2n) is 7.20. The minimum Gasteiger partial charge on any atom is -0.481 e. The van der Waals surface area contributed by atoms with Gasteiger partial charge < -0.3 is 10.1 Å². The Morgan fingerprint density at radius 1 is 1.00 bits per heavy atom. The van der Waals surface area contributed by atoms with E-state index in [1.807, 2.05) is 36.4 Å². The van der Waals surface area contributed by atoms with E-state index >= 15 is 0 Å². The maximum Gasteiger partial charge on any atom is 0.265 e. The first kappa shape index (κ1) is 22.3. The first-order valence-electron chi connectivity index (χ1n) is 9.72. The molecule has 0 aliphatic rings. The van der Waals surface area contributed by atoms with Crippen LogP contribution in [0, 0.1) is 0 Å². The number of benzene rings is 2. The molecule has 1 aromatic heterocycles. The van der Waals surface area contributed by atoms with E-state index in [1.54, 1.807) is 43.6 Å². The molecule has 7 nitrogen and oxygen atoms in total. The van der Waals surface area contributed by atoms with Crippen LogP contribution >= 0.6 is 0 Å². The summed E-state index contributed by atoms with van der Waals surface area (Å²) >= 11 is 0. The molecule has 2 aromatic carbocycles. The van der Waals surface area contributed by atoms with Gasteiger partial charge in [0.2, 0.25) is 10.0 Å². The van der Waals surface area contributed by atoms with E-state index in [1.165, 1.54) is 16.9 Å². The second kappa shape index (κ2) is 9.61. The largest absolute Gasteiger partial charge is 0.481 e. The number of rotatable bonds is 8. The Kier molecular flexibility index (Phi) is 6.91. The number of pyridine rings is 1. The zero-order chi connectivity index (χ0) is 22.4. The molecule has 162 valence electrons. The van der Waals surface area contributed by atoms with Gasteiger partial charge in [-0.15, -0.1) is 0 Å². The van der Waals surface area contributed by atoms with E-state index in [2.05, 4.69) is 10.3 Å². The van der Waals surface area contributed by atoms with Gasteiger partial charge in [-0.2, -0.15) is 0 Å². The summed E-state index contributed by atoms with van der Waals surface area (Å²) < 4.78 is 30.1. The van der Waals surface area contributed by atoms with E-state index in [4.69, 9.17) is 4.74 Å². The molecule has 0 unspecified atom stereocenters. The Balaban J connectivity index is 1.55.